The number of hydrogen-bond acceptors (Lipinski definition) is 3. The van der Waals surface area contributed by atoms with Crippen molar-refractivity contribution in [3.05, 3.63) is 23.8 Å². The van der Waals surface area contributed by atoms with Gasteiger partial charge in [-0.3, -0.25) is 4.79 Å². The van der Waals surface area contributed by atoms with E-state index in [1.807, 2.05) is 20.8 Å². The van der Waals surface area contributed by atoms with Crippen LogP contribution in [0.2, 0.25) is 0 Å². The summed E-state index contributed by atoms with van der Waals surface area (Å²) in [4.78, 5) is 21.3. The van der Waals surface area contributed by atoms with Gasteiger partial charge in [-0.1, -0.05) is 13.8 Å². The van der Waals surface area contributed by atoms with Gasteiger partial charge in [0.1, 0.15) is 0 Å². The molecule has 1 aromatic rings. The molecule has 2 rings (SSSR count). The summed E-state index contributed by atoms with van der Waals surface area (Å²) in [5, 5.41) is 0. The summed E-state index contributed by atoms with van der Waals surface area (Å²) < 4.78 is 0. The van der Waals surface area contributed by atoms with Crippen molar-refractivity contribution in [2.45, 2.75) is 27.2 Å². The van der Waals surface area contributed by atoms with Crippen LogP contribution in [0.4, 0.5) is 0 Å². The van der Waals surface area contributed by atoms with Gasteiger partial charge < -0.3 is 4.90 Å². The lowest BCUT2D eigenvalue weighted by molar-refractivity contribution is 0.0639. The number of nitrogens with zero attached hydrogens (tertiary/aromatic N) is 3. The highest BCUT2D eigenvalue weighted by molar-refractivity contribution is 5.90. The van der Waals surface area contributed by atoms with E-state index in [0.717, 1.165) is 25.1 Å². The first-order valence-corrected chi connectivity index (χ1v) is 5.35. The summed E-state index contributed by atoms with van der Waals surface area (Å²) >= 11 is 0. The first-order valence-electron chi connectivity index (χ1n) is 5.35. The van der Waals surface area contributed by atoms with Crippen LogP contribution in [0, 0.1) is 6.92 Å². The van der Waals surface area contributed by atoms with Crippen LogP contribution in [0.3, 0.4) is 0 Å². The second kappa shape index (κ2) is 5.44. The Balaban J connectivity index is 0.000000531. The fourth-order valence-corrected chi connectivity index (χ4v) is 1.16. The summed E-state index contributed by atoms with van der Waals surface area (Å²) in [5.74, 6) is 0.261. The number of rotatable bonds is 1. The van der Waals surface area contributed by atoms with Crippen molar-refractivity contribution in [1.29, 1.82) is 0 Å². The Morgan fingerprint density at radius 1 is 1.27 bits per heavy atom. The molecule has 0 atom stereocenters. The third-order valence-electron chi connectivity index (χ3n) is 2.12. The average Bonchev–Trinajstić information content (AvgIpc) is 2.19. The number of carbonyl (C=O) groups excluding carboxylic acids is 1. The van der Waals surface area contributed by atoms with Gasteiger partial charge in [0.05, 0.1) is 0 Å². The number of carbonyl (C=O) groups is 1. The summed E-state index contributed by atoms with van der Waals surface area (Å²) in [6.07, 6.45) is 4.43. The Morgan fingerprint density at radius 2 is 1.80 bits per heavy atom. The standard InChI is InChI=1S/C9H11N3O.C2H6/c1-7-5-10-8(11-6-7)9(13)12-3-2-4-12;1-2/h5-6H,2-4H2,1H3;1-2H3. The summed E-state index contributed by atoms with van der Waals surface area (Å²) in [6, 6.07) is 0. The Kier molecular flexibility index (Phi) is 4.21. The molecule has 0 saturated carbocycles. The zero-order chi connectivity index (χ0) is 11.3. The largest absolute Gasteiger partial charge is 0.336 e. The van der Waals surface area contributed by atoms with Gasteiger partial charge in [-0.15, -0.1) is 0 Å². The van der Waals surface area contributed by atoms with Crippen LogP contribution in [0.25, 0.3) is 0 Å². The molecule has 0 aliphatic carbocycles. The molecule has 4 heteroatoms. The van der Waals surface area contributed by atoms with Gasteiger partial charge in [-0.2, -0.15) is 0 Å². The molecule has 1 saturated heterocycles. The molecule has 0 unspecified atom stereocenters. The lowest BCUT2D eigenvalue weighted by atomic mass is 10.2. The second-order valence-electron chi connectivity index (χ2n) is 3.23. The maximum atomic E-state index is 11.5. The van der Waals surface area contributed by atoms with E-state index in [0.29, 0.717) is 5.82 Å². The lowest BCUT2D eigenvalue weighted by Gasteiger charge is -2.29. The molecular weight excluding hydrogens is 190 g/mol. The van der Waals surface area contributed by atoms with E-state index in [1.165, 1.54) is 0 Å². The van der Waals surface area contributed by atoms with E-state index in [9.17, 15) is 4.79 Å². The first kappa shape index (κ1) is 11.6. The van der Waals surface area contributed by atoms with Crippen molar-refractivity contribution in [3.63, 3.8) is 0 Å². The molecule has 1 aromatic heterocycles. The molecule has 0 aromatic carbocycles. The van der Waals surface area contributed by atoms with E-state index in [2.05, 4.69) is 9.97 Å². The maximum absolute atomic E-state index is 11.5. The predicted molar refractivity (Wildman–Crippen MR) is 58.6 cm³/mol. The van der Waals surface area contributed by atoms with Gasteiger partial charge in [0.25, 0.3) is 5.91 Å². The van der Waals surface area contributed by atoms with Gasteiger partial charge in [0, 0.05) is 25.5 Å². The molecule has 1 fully saturated rings. The number of aryl methyl sites for hydroxylation is 1. The minimum atomic E-state index is -0.0498. The van der Waals surface area contributed by atoms with Crippen LogP contribution in [0.1, 0.15) is 36.5 Å². The number of likely N-dealkylation sites (tertiary alicyclic amines) is 1. The highest BCUT2D eigenvalue weighted by Crippen LogP contribution is 2.09. The van der Waals surface area contributed by atoms with Crippen molar-refractivity contribution >= 4 is 5.91 Å². The third kappa shape index (κ3) is 2.75. The van der Waals surface area contributed by atoms with Crippen molar-refractivity contribution in [2.24, 2.45) is 0 Å². The van der Waals surface area contributed by atoms with Crippen molar-refractivity contribution in [2.75, 3.05) is 13.1 Å². The second-order valence-corrected chi connectivity index (χ2v) is 3.23. The van der Waals surface area contributed by atoms with Crippen molar-refractivity contribution in [1.82, 2.24) is 14.9 Å². The van der Waals surface area contributed by atoms with Crippen LogP contribution in [-0.2, 0) is 0 Å². The van der Waals surface area contributed by atoms with E-state index < -0.39 is 0 Å². The predicted octanol–water partition coefficient (Wildman–Crippen LogP) is 1.66. The molecule has 2 heterocycles. The van der Waals surface area contributed by atoms with Crippen LogP contribution in [0.5, 0.6) is 0 Å². The molecule has 0 N–H and O–H groups in total. The fourth-order valence-electron chi connectivity index (χ4n) is 1.16. The van der Waals surface area contributed by atoms with Crippen LogP contribution in [0.15, 0.2) is 12.4 Å². The molecule has 4 nitrogen and oxygen atoms in total. The lowest BCUT2D eigenvalue weighted by Crippen LogP contribution is -2.42. The number of amides is 1. The van der Waals surface area contributed by atoms with Gasteiger partial charge in [0.2, 0.25) is 5.82 Å². The van der Waals surface area contributed by atoms with Crippen LogP contribution >= 0.6 is 0 Å². The molecule has 0 bridgehead atoms. The van der Waals surface area contributed by atoms with Gasteiger partial charge in [0.15, 0.2) is 0 Å². The SMILES string of the molecule is CC.Cc1cnc(C(=O)N2CCC2)nc1. The Bertz CT molecular complexity index is 317. The molecule has 0 spiro atoms. The van der Waals surface area contributed by atoms with Gasteiger partial charge >= 0.3 is 0 Å². The topological polar surface area (TPSA) is 46.1 Å². The molecule has 15 heavy (non-hydrogen) atoms. The average molecular weight is 207 g/mol. The van der Waals surface area contributed by atoms with Crippen LogP contribution < -0.4 is 0 Å². The smallest absolute Gasteiger partial charge is 0.291 e. The van der Waals surface area contributed by atoms with E-state index in [4.69, 9.17) is 0 Å². The Hall–Kier alpha value is -1.45. The van der Waals surface area contributed by atoms with Crippen molar-refractivity contribution in [3.8, 4) is 0 Å². The molecule has 1 aliphatic rings. The molecule has 0 radical (unpaired) electrons. The summed E-state index contributed by atoms with van der Waals surface area (Å²) in [6.45, 7) is 7.59. The minimum absolute atomic E-state index is 0.0498. The van der Waals surface area contributed by atoms with Crippen molar-refractivity contribution < 1.29 is 4.79 Å². The van der Waals surface area contributed by atoms with E-state index in [-0.39, 0.29) is 5.91 Å². The molecule has 1 amide bonds. The maximum Gasteiger partial charge on any atom is 0.291 e. The van der Waals surface area contributed by atoms with E-state index >= 15 is 0 Å². The summed E-state index contributed by atoms with van der Waals surface area (Å²) in [5.41, 5.74) is 0.972. The quantitative estimate of drug-likeness (QED) is 0.703. The number of aromatic nitrogens is 2. The monoisotopic (exact) mass is 207 g/mol. The third-order valence-corrected chi connectivity index (χ3v) is 2.12. The Morgan fingerprint density at radius 3 is 2.20 bits per heavy atom. The Labute approximate surface area is 90.3 Å². The minimum Gasteiger partial charge on any atom is -0.336 e. The highest BCUT2D eigenvalue weighted by atomic mass is 16.2. The van der Waals surface area contributed by atoms with Crippen LogP contribution in [-0.4, -0.2) is 33.9 Å². The number of hydrogen-bond donors (Lipinski definition) is 0. The zero-order valence-corrected chi connectivity index (χ0v) is 9.53. The summed E-state index contributed by atoms with van der Waals surface area (Å²) in [7, 11) is 0. The molecular formula is C11H17N3O. The molecule has 82 valence electrons. The molecule has 1 aliphatic heterocycles. The van der Waals surface area contributed by atoms with E-state index in [1.54, 1.807) is 17.3 Å². The van der Waals surface area contributed by atoms with Gasteiger partial charge in [-0.05, 0) is 18.9 Å². The fraction of sp³-hybridized carbons (Fsp3) is 0.545. The van der Waals surface area contributed by atoms with Gasteiger partial charge in [-0.25, -0.2) is 9.97 Å². The normalized spacial score (nSPS) is 13.7. The first-order chi connectivity index (χ1) is 7.27. The zero-order valence-electron chi connectivity index (χ0n) is 9.53. The highest BCUT2D eigenvalue weighted by Gasteiger charge is 2.23.